The van der Waals surface area contributed by atoms with Crippen LogP contribution in [0.3, 0.4) is 0 Å². The van der Waals surface area contributed by atoms with Crippen molar-refractivity contribution >= 4 is 23.1 Å². The summed E-state index contributed by atoms with van der Waals surface area (Å²) >= 11 is 4.40. The molecule has 0 aliphatic rings. The summed E-state index contributed by atoms with van der Waals surface area (Å²) in [5, 5.41) is 1.98. The molecule has 4 heteroatoms. The van der Waals surface area contributed by atoms with Crippen molar-refractivity contribution in [3.05, 3.63) is 89.0 Å². The fourth-order valence-corrected chi connectivity index (χ4v) is 2.50. The van der Waals surface area contributed by atoms with Gasteiger partial charge in [-0.2, -0.15) is 4.99 Å². The number of nitrogens with zero attached hydrogens (tertiary/aromatic N) is 1. The van der Waals surface area contributed by atoms with Crippen LogP contribution < -0.4 is 0 Å². The van der Waals surface area contributed by atoms with Gasteiger partial charge in [0, 0.05) is 11.1 Å². The molecule has 0 atom stereocenters. The van der Waals surface area contributed by atoms with Gasteiger partial charge in [-0.1, -0.05) is 41.7 Å². The van der Waals surface area contributed by atoms with Gasteiger partial charge in [-0.15, -0.1) is 0 Å². The third kappa shape index (κ3) is 4.10. The van der Waals surface area contributed by atoms with Crippen LogP contribution in [-0.4, -0.2) is 5.16 Å². The lowest BCUT2D eigenvalue weighted by molar-refractivity contribution is 0.588. The Morgan fingerprint density at radius 3 is 1.77 bits per heavy atom. The van der Waals surface area contributed by atoms with E-state index >= 15 is 0 Å². The molecule has 0 aliphatic carbocycles. The average molecular weight is 361 g/mol. The lowest BCUT2D eigenvalue weighted by Gasteiger charge is -2.05. The molecule has 26 heavy (non-hydrogen) atoms. The molecule has 0 N–H and O–H groups in total. The van der Waals surface area contributed by atoms with Crippen LogP contribution in [0.1, 0.15) is 16.7 Å². The summed E-state index contributed by atoms with van der Waals surface area (Å²) in [5.41, 5.74) is 3.60. The minimum absolute atomic E-state index is 0.418. The van der Waals surface area contributed by atoms with Crippen LogP contribution in [0.2, 0.25) is 0 Å². The number of aryl methyl sites for hydroxylation is 1. The van der Waals surface area contributed by atoms with Crippen molar-refractivity contribution in [1.29, 1.82) is 0 Å². The van der Waals surface area contributed by atoms with Crippen LogP contribution in [0.25, 0.3) is 11.1 Å². The largest absolute Gasteiger partial charge is 0.204 e. The third-order valence-electron chi connectivity index (χ3n) is 3.80. The molecule has 0 fully saturated rings. The first-order valence-corrected chi connectivity index (χ1v) is 8.23. The van der Waals surface area contributed by atoms with Gasteiger partial charge in [-0.3, -0.25) is 0 Å². The molecule has 0 unspecified atom stereocenters. The molecule has 0 spiro atoms. The Kier molecular flexibility index (Phi) is 5.34. The summed E-state index contributed by atoms with van der Waals surface area (Å²) in [4.78, 5) is 3.41. The number of hydrogen-bond acceptors (Lipinski definition) is 2. The monoisotopic (exact) mass is 361 g/mol. The maximum Gasteiger partial charge on any atom is 0.153 e. The summed E-state index contributed by atoms with van der Waals surface area (Å²) in [6, 6.07) is 17.6. The van der Waals surface area contributed by atoms with Gasteiger partial charge in [0.1, 0.15) is 5.69 Å². The highest BCUT2D eigenvalue weighted by atomic mass is 32.1. The van der Waals surface area contributed by atoms with E-state index in [-0.39, 0.29) is 0 Å². The number of halogens is 2. The predicted octanol–water partition coefficient (Wildman–Crippen LogP) is 6.07. The SMILES string of the molecule is Cc1ccc(C#Cc2ccc(-c3cc(F)c(N=C=S)c(F)c3)cc2)cc1. The van der Waals surface area contributed by atoms with Gasteiger partial charge < -0.3 is 0 Å². The van der Waals surface area contributed by atoms with Gasteiger partial charge in [-0.05, 0) is 66.7 Å². The molecule has 3 rings (SSSR count). The number of thiocarbonyl (C=S) groups is 1. The molecule has 0 amide bonds. The third-order valence-corrected chi connectivity index (χ3v) is 3.89. The zero-order valence-electron chi connectivity index (χ0n) is 13.9. The maximum absolute atomic E-state index is 14.0. The number of rotatable bonds is 2. The maximum atomic E-state index is 14.0. The standard InChI is InChI=1S/C22H13F2NS/c1-15-2-4-16(5-3-15)6-7-17-8-10-18(11-9-17)19-12-20(23)22(25-14-26)21(24)13-19/h2-5,8-13H,1H3. The van der Waals surface area contributed by atoms with Crippen molar-refractivity contribution in [2.24, 2.45) is 4.99 Å². The smallest absolute Gasteiger partial charge is 0.153 e. The Morgan fingerprint density at radius 1 is 0.769 bits per heavy atom. The number of isothiocyanates is 1. The highest BCUT2D eigenvalue weighted by molar-refractivity contribution is 7.78. The van der Waals surface area contributed by atoms with Gasteiger partial charge in [0.25, 0.3) is 0 Å². The second kappa shape index (κ2) is 7.84. The predicted molar refractivity (Wildman–Crippen MR) is 104 cm³/mol. The quantitative estimate of drug-likeness (QED) is 0.306. The number of hydrogen-bond donors (Lipinski definition) is 0. The summed E-state index contributed by atoms with van der Waals surface area (Å²) in [7, 11) is 0. The lowest BCUT2D eigenvalue weighted by atomic mass is 10.0. The topological polar surface area (TPSA) is 12.4 Å². The molecule has 0 heterocycles. The van der Waals surface area contributed by atoms with Gasteiger partial charge in [0.2, 0.25) is 0 Å². The van der Waals surface area contributed by atoms with Gasteiger partial charge in [-0.25, -0.2) is 8.78 Å². The van der Waals surface area contributed by atoms with Crippen molar-refractivity contribution in [3.8, 4) is 23.0 Å². The highest BCUT2D eigenvalue weighted by Crippen LogP contribution is 2.29. The Labute approximate surface area is 156 Å². The van der Waals surface area contributed by atoms with E-state index in [4.69, 9.17) is 0 Å². The van der Waals surface area contributed by atoms with Crippen molar-refractivity contribution in [1.82, 2.24) is 0 Å². The second-order valence-electron chi connectivity index (χ2n) is 5.68. The number of aliphatic imine (C=N–C) groups is 1. The number of benzene rings is 3. The summed E-state index contributed by atoms with van der Waals surface area (Å²) in [6.45, 7) is 2.02. The second-order valence-corrected chi connectivity index (χ2v) is 5.87. The summed E-state index contributed by atoms with van der Waals surface area (Å²) < 4.78 is 27.9. The average Bonchev–Trinajstić information content (AvgIpc) is 2.64. The molecule has 3 aromatic rings. The molecule has 0 saturated carbocycles. The Morgan fingerprint density at radius 2 is 1.27 bits per heavy atom. The summed E-state index contributed by atoms with van der Waals surface area (Å²) in [6.07, 6.45) is 0. The fraction of sp³-hybridized carbons (Fsp3) is 0.0455. The zero-order valence-corrected chi connectivity index (χ0v) is 14.7. The molecule has 0 saturated heterocycles. The van der Waals surface area contributed by atoms with Crippen molar-refractivity contribution in [2.75, 3.05) is 0 Å². The minimum Gasteiger partial charge on any atom is -0.204 e. The van der Waals surface area contributed by atoms with E-state index in [0.29, 0.717) is 11.1 Å². The van der Waals surface area contributed by atoms with Gasteiger partial charge in [0.05, 0.1) is 5.16 Å². The van der Waals surface area contributed by atoms with Crippen LogP contribution in [0.5, 0.6) is 0 Å². The van der Waals surface area contributed by atoms with E-state index in [1.807, 2.05) is 48.5 Å². The normalized spacial score (nSPS) is 9.81. The molecule has 126 valence electrons. The van der Waals surface area contributed by atoms with Crippen LogP contribution in [0.15, 0.2) is 65.7 Å². The molecule has 3 aromatic carbocycles. The van der Waals surface area contributed by atoms with Crippen LogP contribution in [0, 0.1) is 30.4 Å². The first-order chi connectivity index (χ1) is 12.6. The Hall–Kier alpha value is -3.12. The molecule has 0 radical (unpaired) electrons. The Bertz CT molecular complexity index is 1030. The van der Waals surface area contributed by atoms with E-state index in [2.05, 4.69) is 29.1 Å². The van der Waals surface area contributed by atoms with E-state index in [1.165, 1.54) is 17.7 Å². The van der Waals surface area contributed by atoms with E-state index in [1.54, 1.807) is 12.1 Å². The van der Waals surface area contributed by atoms with E-state index in [9.17, 15) is 8.78 Å². The van der Waals surface area contributed by atoms with Crippen LogP contribution >= 0.6 is 12.2 Å². The van der Waals surface area contributed by atoms with E-state index in [0.717, 1.165) is 11.1 Å². The van der Waals surface area contributed by atoms with Crippen LogP contribution in [-0.2, 0) is 0 Å². The van der Waals surface area contributed by atoms with E-state index < -0.39 is 17.3 Å². The lowest BCUT2D eigenvalue weighted by Crippen LogP contribution is -1.87. The van der Waals surface area contributed by atoms with Crippen molar-refractivity contribution in [3.63, 3.8) is 0 Å². The first kappa shape index (κ1) is 17.7. The van der Waals surface area contributed by atoms with Crippen molar-refractivity contribution in [2.45, 2.75) is 6.92 Å². The highest BCUT2D eigenvalue weighted by Gasteiger charge is 2.11. The Balaban J connectivity index is 1.86. The zero-order chi connectivity index (χ0) is 18.5. The summed E-state index contributed by atoms with van der Waals surface area (Å²) in [5.74, 6) is 4.61. The van der Waals surface area contributed by atoms with Crippen LogP contribution in [0.4, 0.5) is 14.5 Å². The minimum atomic E-state index is -0.777. The molecule has 0 aromatic heterocycles. The molecular formula is C22H13F2NS. The van der Waals surface area contributed by atoms with Gasteiger partial charge in [0.15, 0.2) is 11.6 Å². The molecule has 1 nitrogen and oxygen atoms in total. The molecular weight excluding hydrogens is 348 g/mol. The van der Waals surface area contributed by atoms with Crippen molar-refractivity contribution < 1.29 is 8.78 Å². The van der Waals surface area contributed by atoms with Gasteiger partial charge >= 0.3 is 0 Å². The fourth-order valence-electron chi connectivity index (χ4n) is 2.41. The molecule has 0 aliphatic heterocycles. The molecule has 0 bridgehead atoms. The first-order valence-electron chi connectivity index (χ1n) is 7.83.